The summed E-state index contributed by atoms with van der Waals surface area (Å²) in [5.41, 5.74) is 0.622. The number of hydrogen-bond donors (Lipinski definition) is 0. The van der Waals surface area contributed by atoms with Gasteiger partial charge in [0.15, 0.2) is 0 Å². The Morgan fingerprint density at radius 2 is 1.16 bits per heavy atom. The Bertz CT molecular complexity index is 811. The molecule has 32 heavy (non-hydrogen) atoms. The molecule has 0 amide bonds. The van der Waals surface area contributed by atoms with Gasteiger partial charge in [0.25, 0.3) is 0 Å². The zero-order valence-corrected chi connectivity index (χ0v) is 23.2. The second-order valence-corrected chi connectivity index (χ2v) is 10.3. The van der Waals surface area contributed by atoms with Crippen LogP contribution in [0.4, 0.5) is 0 Å². The Labute approximate surface area is 217 Å². The Kier molecular flexibility index (Phi) is 18.1. The molecule has 0 fully saturated rings. The first kappa shape index (κ1) is 31.8. The largest absolute Gasteiger partial charge is 1.00 e. The molecule has 0 radical (unpaired) electrons. The summed E-state index contributed by atoms with van der Waals surface area (Å²) in [5, 5.41) is 0. The Morgan fingerprint density at radius 1 is 0.719 bits per heavy atom. The predicted octanol–water partition coefficient (Wildman–Crippen LogP) is 2.81. The average Bonchev–Trinajstić information content (AvgIpc) is 2.67. The summed E-state index contributed by atoms with van der Waals surface area (Å²) in [4.78, 5) is 0. The summed E-state index contributed by atoms with van der Waals surface area (Å²) in [5.74, 6) is -0.0270. The van der Waals surface area contributed by atoms with E-state index in [1.807, 2.05) is 0 Å². The topological polar surface area (TPSA) is 110 Å². The molecule has 0 bridgehead atoms. The van der Waals surface area contributed by atoms with Crippen molar-refractivity contribution in [2.45, 2.75) is 103 Å². The molecule has 0 aliphatic rings. The fourth-order valence-corrected chi connectivity index (χ4v) is 4.84. The van der Waals surface area contributed by atoms with Crippen molar-refractivity contribution in [1.82, 2.24) is 0 Å². The molecule has 1 aromatic rings. The molecule has 0 aromatic heterocycles. The van der Waals surface area contributed by atoms with E-state index in [0.717, 1.165) is 19.3 Å². The van der Waals surface area contributed by atoms with Gasteiger partial charge >= 0.3 is 40.0 Å². The van der Waals surface area contributed by atoms with Crippen molar-refractivity contribution in [2.24, 2.45) is 0 Å². The Morgan fingerprint density at radius 3 is 1.62 bits per heavy atom. The molecule has 0 spiro atoms. The normalized spacial score (nSPS) is 11.8. The van der Waals surface area contributed by atoms with Crippen LogP contribution in [0.2, 0.25) is 0 Å². The SMILES string of the molecule is CCCCCCCCCCCCCCCCc1ccccc1OS(=O)(=O)OS(=O)(=O)[O-].[Na+]. The second-order valence-electron chi connectivity index (χ2n) is 7.92. The standard InChI is InChI=1S/C22H38O7S2.Na/c1-2-3-4-5-6-7-8-9-10-11-12-13-14-15-18-21-19-16-17-20-22(21)28-31(26,27)29-30(23,24)25;/h16-17,19-20H,2-15,18H2,1H3,(H,23,24,25);/q;+1/p-1. The molecule has 10 heteroatoms. The van der Waals surface area contributed by atoms with Crippen LogP contribution < -0.4 is 33.7 Å². The first-order chi connectivity index (χ1) is 14.7. The quantitative estimate of drug-likeness (QED) is 0.124. The van der Waals surface area contributed by atoms with Crippen molar-refractivity contribution in [1.29, 1.82) is 0 Å². The van der Waals surface area contributed by atoms with Crippen LogP contribution >= 0.6 is 0 Å². The van der Waals surface area contributed by atoms with Crippen molar-refractivity contribution in [3.05, 3.63) is 29.8 Å². The van der Waals surface area contributed by atoms with Crippen molar-refractivity contribution in [3.8, 4) is 5.75 Å². The van der Waals surface area contributed by atoms with Crippen LogP contribution in [0.5, 0.6) is 5.75 Å². The Balaban J connectivity index is 0.00000961. The average molecular weight is 501 g/mol. The van der Waals surface area contributed by atoms with E-state index in [9.17, 15) is 21.4 Å². The van der Waals surface area contributed by atoms with Gasteiger partial charge in [0.1, 0.15) is 5.75 Å². The van der Waals surface area contributed by atoms with Gasteiger partial charge in [-0.05, 0) is 24.5 Å². The molecular formula is C22H37NaO7S2. The molecule has 0 N–H and O–H groups in total. The minimum Gasteiger partial charge on any atom is -0.725 e. The summed E-state index contributed by atoms with van der Waals surface area (Å²) < 4.78 is 62.7. The molecule has 0 aliphatic heterocycles. The zero-order chi connectivity index (χ0) is 23.0. The predicted molar refractivity (Wildman–Crippen MR) is 121 cm³/mol. The van der Waals surface area contributed by atoms with Gasteiger partial charge in [0.2, 0.25) is 10.4 Å². The van der Waals surface area contributed by atoms with Gasteiger partial charge in [0, 0.05) is 0 Å². The van der Waals surface area contributed by atoms with Crippen molar-refractivity contribution in [3.63, 3.8) is 0 Å². The maximum absolute atomic E-state index is 11.5. The number of para-hydroxylation sites is 1. The molecule has 1 aromatic carbocycles. The Hall–Kier alpha value is -0.160. The number of unbranched alkanes of at least 4 members (excludes halogenated alkanes) is 13. The van der Waals surface area contributed by atoms with Gasteiger partial charge in [-0.15, -0.1) is 3.63 Å². The van der Waals surface area contributed by atoms with Crippen molar-refractivity contribution < 1.29 is 58.8 Å². The minimum atomic E-state index is -5.42. The summed E-state index contributed by atoms with van der Waals surface area (Å²) in [6, 6.07) is 6.41. The molecule has 7 nitrogen and oxygen atoms in total. The summed E-state index contributed by atoms with van der Waals surface area (Å²) in [6.45, 7) is 2.24. The molecular weight excluding hydrogens is 463 g/mol. The number of aryl methyl sites for hydroxylation is 1. The minimum absolute atomic E-state index is 0. The van der Waals surface area contributed by atoms with Crippen LogP contribution in [-0.2, 0) is 30.8 Å². The molecule has 0 saturated heterocycles. The monoisotopic (exact) mass is 500 g/mol. The van der Waals surface area contributed by atoms with E-state index in [1.54, 1.807) is 18.2 Å². The number of rotatable bonds is 19. The summed E-state index contributed by atoms with van der Waals surface area (Å²) >= 11 is 0. The van der Waals surface area contributed by atoms with Gasteiger partial charge in [0.05, 0.1) is 0 Å². The molecule has 0 unspecified atom stereocenters. The first-order valence-electron chi connectivity index (χ1n) is 11.4. The fourth-order valence-electron chi connectivity index (χ4n) is 3.53. The summed E-state index contributed by atoms with van der Waals surface area (Å²) in [7, 11) is -10.4. The molecule has 1 rings (SSSR count). The molecule has 0 atom stereocenters. The summed E-state index contributed by atoms with van der Waals surface area (Å²) in [6.07, 6.45) is 18.1. The third kappa shape index (κ3) is 17.3. The second kappa shape index (κ2) is 18.2. The number of hydrogen-bond acceptors (Lipinski definition) is 7. The molecule has 0 saturated carbocycles. The van der Waals surface area contributed by atoms with Crippen molar-refractivity contribution >= 4 is 20.8 Å². The third-order valence-electron chi connectivity index (χ3n) is 5.13. The van der Waals surface area contributed by atoms with E-state index >= 15 is 0 Å². The van der Waals surface area contributed by atoms with E-state index in [1.165, 1.54) is 76.7 Å². The van der Waals surface area contributed by atoms with Crippen LogP contribution in [-0.4, -0.2) is 21.4 Å². The van der Waals surface area contributed by atoms with E-state index in [4.69, 9.17) is 0 Å². The van der Waals surface area contributed by atoms with Gasteiger partial charge in [-0.1, -0.05) is 109 Å². The van der Waals surface area contributed by atoms with Crippen LogP contribution in [0.3, 0.4) is 0 Å². The van der Waals surface area contributed by atoms with E-state index in [0.29, 0.717) is 12.0 Å². The third-order valence-corrected chi connectivity index (χ3v) is 6.85. The number of benzene rings is 1. The maximum atomic E-state index is 11.5. The zero-order valence-electron chi connectivity index (χ0n) is 19.6. The molecule has 0 heterocycles. The van der Waals surface area contributed by atoms with Gasteiger partial charge in [-0.25, -0.2) is 8.42 Å². The van der Waals surface area contributed by atoms with Crippen LogP contribution in [0.25, 0.3) is 0 Å². The fraction of sp³-hybridized carbons (Fsp3) is 0.727. The van der Waals surface area contributed by atoms with E-state index < -0.39 is 20.8 Å². The van der Waals surface area contributed by atoms with Crippen LogP contribution in [0.1, 0.15) is 102 Å². The van der Waals surface area contributed by atoms with E-state index in [-0.39, 0.29) is 35.3 Å². The molecule has 180 valence electrons. The van der Waals surface area contributed by atoms with Gasteiger partial charge < -0.3 is 8.74 Å². The smallest absolute Gasteiger partial charge is 0.725 e. The first-order valence-corrected chi connectivity index (χ1v) is 14.1. The maximum Gasteiger partial charge on any atom is 1.00 e. The molecule has 0 aliphatic carbocycles. The van der Waals surface area contributed by atoms with Crippen LogP contribution in [0.15, 0.2) is 24.3 Å². The van der Waals surface area contributed by atoms with Gasteiger partial charge in [-0.3, -0.25) is 0 Å². The van der Waals surface area contributed by atoms with E-state index in [2.05, 4.69) is 14.7 Å². The van der Waals surface area contributed by atoms with Crippen LogP contribution in [0, 0.1) is 0 Å². The van der Waals surface area contributed by atoms with Crippen molar-refractivity contribution in [2.75, 3.05) is 0 Å². The van der Waals surface area contributed by atoms with Gasteiger partial charge in [-0.2, -0.15) is 8.42 Å².